The van der Waals surface area contributed by atoms with Crippen LogP contribution < -0.4 is 5.32 Å². The van der Waals surface area contributed by atoms with Crippen molar-refractivity contribution in [2.24, 2.45) is 0 Å². The lowest BCUT2D eigenvalue weighted by molar-refractivity contribution is -0.384. The minimum atomic E-state index is -0.678. The molecule has 112 valence electrons. The van der Waals surface area contributed by atoms with Crippen LogP contribution in [-0.4, -0.2) is 28.4 Å². The molecule has 0 spiro atoms. The van der Waals surface area contributed by atoms with Gasteiger partial charge in [0.1, 0.15) is 0 Å². The molecule has 0 atom stereocenters. The molecule has 1 aromatic carbocycles. The van der Waals surface area contributed by atoms with Crippen molar-refractivity contribution in [3.8, 4) is 0 Å². The molecule has 1 N–H and O–H groups in total. The van der Waals surface area contributed by atoms with E-state index in [0.29, 0.717) is 0 Å². The molecule has 0 aliphatic carbocycles. The van der Waals surface area contributed by atoms with Crippen LogP contribution in [0.4, 0.5) is 11.4 Å². The second-order valence-corrected chi connectivity index (χ2v) is 4.17. The maximum atomic E-state index is 11.7. The van der Waals surface area contributed by atoms with Gasteiger partial charge in [0.05, 0.1) is 10.5 Å². The summed E-state index contributed by atoms with van der Waals surface area (Å²) in [6.45, 7) is -0.504. The van der Waals surface area contributed by atoms with Crippen molar-refractivity contribution < 1.29 is 19.2 Å². The lowest BCUT2D eigenvalue weighted by Crippen LogP contribution is -2.21. The van der Waals surface area contributed by atoms with Crippen molar-refractivity contribution in [1.29, 1.82) is 0 Å². The minimum absolute atomic E-state index is 0.148. The van der Waals surface area contributed by atoms with Gasteiger partial charge < -0.3 is 10.1 Å². The third-order valence-electron chi connectivity index (χ3n) is 2.57. The van der Waals surface area contributed by atoms with Gasteiger partial charge in [-0.05, 0) is 18.2 Å². The highest BCUT2D eigenvalue weighted by atomic mass is 16.6. The number of rotatable bonds is 5. The molecule has 1 amide bonds. The summed E-state index contributed by atoms with van der Waals surface area (Å²) in [5.41, 5.74) is 0.326. The number of esters is 1. The van der Waals surface area contributed by atoms with Gasteiger partial charge in [0.2, 0.25) is 0 Å². The van der Waals surface area contributed by atoms with Gasteiger partial charge in [0.25, 0.3) is 11.6 Å². The zero-order chi connectivity index (χ0) is 15.9. The van der Waals surface area contributed by atoms with E-state index in [2.05, 4.69) is 10.3 Å². The van der Waals surface area contributed by atoms with Crippen molar-refractivity contribution in [2.75, 3.05) is 11.9 Å². The van der Waals surface area contributed by atoms with Gasteiger partial charge >= 0.3 is 5.97 Å². The number of pyridine rings is 1. The number of hydrogen-bond donors (Lipinski definition) is 1. The topological polar surface area (TPSA) is 111 Å². The average Bonchev–Trinajstić information content (AvgIpc) is 2.53. The molecule has 1 aromatic heterocycles. The number of nitrogens with one attached hydrogen (secondary N) is 1. The molecule has 8 heteroatoms. The normalized spacial score (nSPS) is 9.82. The van der Waals surface area contributed by atoms with Crippen LogP contribution in [0, 0.1) is 10.1 Å². The molecule has 1 heterocycles. The number of carbonyl (C=O) groups is 2. The smallest absolute Gasteiger partial charge is 0.340 e. The zero-order valence-corrected chi connectivity index (χ0v) is 11.3. The Morgan fingerprint density at radius 3 is 2.77 bits per heavy atom. The van der Waals surface area contributed by atoms with Gasteiger partial charge in [0, 0.05) is 30.2 Å². The van der Waals surface area contributed by atoms with E-state index < -0.39 is 23.4 Å². The van der Waals surface area contributed by atoms with Crippen molar-refractivity contribution >= 4 is 23.3 Å². The molecular formula is C14H11N3O5. The minimum Gasteiger partial charge on any atom is -0.452 e. The number of nitro groups is 1. The first kappa shape index (κ1) is 15.1. The number of carbonyl (C=O) groups excluding carboxylic acids is 2. The van der Waals surface area contributed by atoms with Crippen LogP contribution >= 0.6 is 0 Å². The fraction of sp³-hybridized carbons (Fsp3) is 0.0714. The molecule has 2 rings (SSSR count). The Morgan fingerprint density at radius 1 is 1.27 bits per heavy atom. The Labute approximate surface area is 124 Å². The van der Waals surface area contributed by atoms with Crippen LogP contribution in [0.2, 0.25) is 0 Å². The summed E-state index contributed by atoms with van der Waals surface area (Å²) in [6, 6.07) is 8.52. The van der Waals surface area contributed by atoms with Crippen molar-refractivity contribution in [1.82, 2.24) is 4.98 Å². The van der Waals surface area contributed by atoms with Crippen molar-refractivity contribution in [3.63, 3.8) is 0 Å². The summed E-state index contributed by atoms with van der Waals surface area (Å²) < 4.78 is 4.81. The molecule has 0 aliphatic rings. The van der Waals surface area contributed by atoms with Crippen molar-refractivity contribution in [2.45, 2.75) is 0 Å². The number of amides is 1. The van der Waals surface area contributed by atoms with Crippen LogP contribution in [0.3, 0.4) is 0 Å². The molecule has 0 saturated carbocycles. The molecular weight excluding hydrogens is 290 g/mol. The fourth-order valence-electron chi connectivity index (χ4n) is 1.59. The summed E-state index contributed by atoms with van der Waals surface area (Å²) in [4.78, 5) is 37.1. The number of non-ortho nitro benzene ring substituents is 1. The molecule has 0 radical (unpaired) electrons. The summed E-state index contributed by atoms with van der Waals surface area (Å²) in [6.07, 6.45) is 2.83. The lowest BCUT2D eigenvalue weighted by atomic mass is 10.3. The predicted octanol–water partition coefficient (Wildman–Crippen LogP) is 1.79. The standard InChI is InChI=1S/C14H11N3O5/c18-13(9-22-14(19)10-3-2-6-15-8-10)16-11-4-1-5-12(7-11)17(20)21/h1-8H,9H2,(H,16,18). The maximum Gasteiger partial charge on any atom is 0.340 e. The van der Waals surface area contributed by atoms with E-state index in [4.69, 9.17) is 4.74 Å². The van der Waals surface area contributed by atoms with E-state index in [1.54, 1.807) is 6.07 Å². The molecule has 0 unspecified atom stereocenters. The Balaban J connectivity index is 1.89. The second kappa shape index (κ2) is 6.93. The lowest BCUT2D eigenvalue weighted by Gasteiger charge is -2.06. The number of nitro benzene ring substituents is 1. The van der Waals surface area contributed by atoms with E-state index in [1.807, 2.05) is 0 Å². The molecule has 0 aliphatic heterocycles. The number of hydrogen-bond acceptors (Lipinski definition) is 6. The highest BCUT2D eigenvalue weighted by Crippen LogP contribution is 2.16. The maximum absolute atomic E-state index is 11.7. The number of benzene rings is 1. The van der Waals surface area contributed by atoms with Crippen LogP contribution in [0.5, 0.6) is 0 Å². The predicted molar refractivity (Wildman–Crippen MR) is 76.2 cm³/mol. The molecule has 2 aromatic rings. The highest BCUT2D eigenvalue weighted by molar-refractivity contribution is 5.95. The van der Waals surface area contributed by atoms with E-state index in [0.717, 1.165) is 0 Å². The van der Waals surface area contributed by atoms with E-state index in [9.17, 15) is 19.7 Å². The summed E-state index contributed by atoms with van der Waals surface area (Å²) in [5.74, 6) is -1.28. The van der Waals surface area contributed by atoms with Gasteiger partial charge in [-0.15, -0.1) is 0 Å². The molecule has 0 bridgehead atoms. The largest absolute Gasteiger partial charge is 0.452 e. The Bertz CT molecular complexity index is 703. The van der Waals surface area contributed by atoms with Gasteiger partial charge in [-0.25, -0.2) is 4.79 Å². The molecule has 0 fully saturated rings. The number of anilines is 1. The number of aromatic nitrogens is 1. The van der Waals surface area contributed by atoms with Crippen LogP contribution in [0.1, 0.15) is 10.4 Å². The Morgan fingerprint density at radius 2 is 2.09 bits per heavy atom. The number of nitrogens with zero attached hydrogens (tertiary/aromatic N) is 2. The average molecular weight is 301 g/mol. The van der Waals surface area contributed by atoms with Crippen LogP contribution in [0.25, 0.3) is 0 Å². The number of ether oxygens (including phenoxy) is 1. The van der Waals surface area contributed by atoms with Gasteiger partial charge in [-0.3, -0.25) is 19.9 Å². The van der Waals surface area contributed by atoms with E-state index in [1.165, 1.54) is 42.7 Å². The Hall–Kier alpha value is -3.29. The van der Waals surface area contributed by atoms with Gasteiger partial charge in [0.15, 0.2) is 6.61 Å². The first-order valence-corrected chi connectivity index (χ1v) is 6.18. The van der Waals surface area contributed by atoms with Crippen LogP contribution in [-0.2, 0) is 9.53 Å². The summed E-state index contributed by atoms with van der Waals surface area (Å²) >= 11 is 0. The first-order valence-electron chi connectivity index (χ1n) is 6.18. The van der Waals surface area contributed by atoms with E-state index >= 15 is 0 Å². The van der Waals surface area contributed by atoms with E-state index in [-0.39, 0.29) is 16.9 Å². The summed E-state index contributed by atoms with van der Waals surface area (Å²) in [7, 11) is 0. The van der Waals surface area contributed by atoms with Gasteiger partial charge in [-0.2, -0.15) is 0 Å². The van der Waals surface area contributed by atoms with Crippen molar-refractivity contribution in [3.05, 3.63) is 64.5 Å². The van der Waals surface area contributed by atoms with Crippen LogP contribution in [0.15, 0.2) is 48.8 Å². The quantitative estimate of drug-likeness (QED) is 0.512. The molecule has 22 heavy (non-hydrogen) atoms. The second-order valence-electron chi connectivity index (χ2n) is 4.17. The third-order valence-corrected chi connectivity index (χ3v) is 2.57. The monoisotopic (exact) mass is 301 g/mol. The molecule has 8 nitrogen and oxygen atoms in total. The fourth-order valence-corrected chi connectivity index (χ4v) is 1.59. The SMILES string of the molecule is O=C(COC(=O)c1cccnc1)Nc1cccc([N+](=O)[O-])c1. The van der Waals surface area contributed by atoms with Gasteiger partial charge in [-0.1, -0.05) is 6.07 Å². The summed E-state index contributed by atoms with van der Waals surface area (Å²) in [5, 5.41) is 13.0. The first-order chi connectivity index (χ1) is 10.6. The third kappa shape index (κ3) is 4.10. The Kier molecular flexibility index (Phi) is 4.76. The molecule has 0 saturated heterocycles. The zero-order valence-electron chi connectivity index (χ0n) is 11.3. The highest BCUT2D eigenvalue weighted by Gasteiger charge is 2.11.